The summed E-state index contributed by atoms with van der Waals surface area (Å²) in [6.45, 7) is 4.15. The zero-order valence-electron chi connectivity index (χ0n) is 15.1. The molecule has 3 saturated heterocycles. The van der Waals surface area contributed by atoms with Gasteiger partial charge in [-0.15, -0.1) is 13.2 Å². The zero-order valence-corrected chi connectivity index (χ0v) is 15.1. The van der Waals surface area contributed by atoms with Crippen LogP contribution in [0.15, 0.2) is 30.5 Å². The maximum absolute atomic E-state index is 12.6. The van der Waals surface area contributed by atoms with Gasteiger partial charge >= 0.3 is 6.36 Å². The molecule has 27 heavy (non-hydrogen) atoms. The molecule has 4 nitrogen and oxygen atoms in total. The average molecular weight is 380 g/mol. The van der Waals surface area contributed by atoms with E-state index in [0.717, 1.165) is 32.4 Å². The molecule has 0 saturated carbocycles. The molecule has 1 N–H and O–H groups in total. The minimum absolute atomic E-state index is 0.00987. The van der Waals surface area contributed by atoms with E-state index in [1.54, 1.807) is 12.3 Å². The molecule has 3 fully saturated rings. The predicted molar refractivity (Wildman–Crippen MR) is 95.3 cm³/mol. The lowest BCUT2D eigenvalue weighted by Crippen LogP contribution is -2.55. The van der Waals surface area contributed by atoms with Gasteiger partial charge in [0.1, 0.15) is 5.75 Å². The van der Waals surface area contributed by atoms with E-state index in [4.69, 9.17) is 0 Å². The second-order valence-electron chi connectivity index (χ2n) is 7.59. The van der Waals surface area contributed by atoms with E-state index >= 15 is 0 Å². The van der Waals surface area contributed by atoms with E-state index in [-0.39, 0.29) is 11.8 Å². The van der Waals surface area contributed by atoms with Crippen LogP contribution in [0, 0.1) is 11.8 Å². The number of aliphatic hydroxyl groups is 1. The van der Waals surface area contributed by atoms with Crippen molar-refractivity contribution in [3.05, 3.63) is 36.0 Å². The Morgan fingerprint density at radius 3 is 2.81 bits per heavy atom. The Hall–Kier alpha value is -1.86. The number of aromatic nitrogens is 1. The lowest BCUT2D eigenvalue weighted by atomic mass is 9.72. The molecular weight excluding hydrogens is 357 g/mol. The molecular formula is C20H23F3N2O2. The van der Waals surface area contributed by atoms with Crippen molar-refractivity contribution in [3.8, 4) is 5.75 Å². The van der Waals surface area contributed by atoms with Gasteiger partial charge in [0.15, 0.2) is 0 Å². The summed E-state index contributed by atoms with van der Waals surface area (Å²) >= 11 is 0. The van der Waals surface area contributed by atoms with Gasteiger partial charge in [-0.2, -0.15) is 0 Å². The van der Waals surface area contributed by atoms with Crippen LogP contribution in [-0.4, -0.2) is 40.5 Å². The second-order valence-corrected chi connectivity index (χ2v) is 7.59. The van der Waals surface area contributed by atoms with Gasteiger partial charge in [-0.3, -0.25) is 9.88 Å². The molecule has 0 radical (unpaired) electrons. The van der Waals surface area contributed by atoms with Gasteiger partial charge in [0.2, 0.25) is 0 Å². The van der Waals surface area contributed by atoms with Gasteiger partial charge in [-0.05, 0) is 61.1 Å². The quantitative estimate of drug-likeness (QED) is 0.860. The molecule has 1 aromatic heterocycles. The Bertz CT molecular complexity index is 826. The van der Waals surface area contributed by atoms with E-state index in [0.29, 0.717) is 28.3 Å². The highest BCUT2D eigenvalue weighted by molar-refractivity contribution is 5.84. The van der Waals surface area contributed by atoms with Gasteiger partial charge in [0, 0.05) is 24.2 Å². The Balaban J connectivity index is 1.65. The van der Waals surface area contributed by atoms with E-state index in [9.17, 15) is 18.3 Å². The summed E-state index contributed by atoms with van der Waals surface area (Å²) in [6, 6.07) is 5.75. The van der Waals surface area contributed by atoms with E-state index < -0.39 is 12.5 Å². The molecule has 0 spiro atoms. The van der Waals surface area contributed by atoms with Crippen molar-refractivity contribution >= 4 is 10.9 Å². The van der Waals surface area contributed by atoms with E-state index in [1.807, 2.05) is 0 Å². The topological polar surface area (TPSA) is 45.6 Å². The summed E-state index contributed by atoms with van der Waals surface area (Å²) in [5.41, 5.74) is 1.15. The standard InChI is InChI=1S/C20H23F3N2O2/c1-2-12-11-25-8-6-13(12)9-18(25)19(26)15-5-7-24-17-4-3-14(10-16(15)17)27-20(21,22)23/h3-5,7,10,12-13,18-19,26H,2,6,8-9,11H2,1H3/t12-,13?,18-,19+/m0/s1. The van der Waals surface area contributed by atoms with Crippen LogP contribution in [0.5, 0.6) is 5.75 Å². The highest BCUT2D eigenvalue weighted by Crippen LogP contribution is 2.43. The number of ether oxygens (including phenoxy) is 1. The number of hydrogen-bond acceptors (Lipinski definition) is 4. The number of piperidine rings is 3. The SMILES string of the molecule is CC[C@H]1CN2CCC1C[C@H]2[C@H](O)c1ccnc2ccc(OC(F)(F)F)cc12. The van der Waals surface area contributed by atoms with Gasteiger partial charge < -0.3 is 9.84 Å². The van der Waals surface area contributed by atoms with Crippen molar-refractivity contribution in [2.24, 2.45) is 11.8 Å². The number of alkyl halides is 3. The van der Waals surface area contributed by atoms with Crippen LogP contribution in [0.4, 0.5) is 13.2 Å². The lowest BCUT2D eigenvalue weighted by Gasteiger charge is -2.51. The molecule has 3 aliphatic rings. The van der Waals surface area contributed by atoms with Crippen LogP contribution in [0.2, 0.25) is 0 Å². The molecule has 3 aliphatic heterocycles. The number of pyridine rings is 1. The predicted octanol–water partition coefficient (Wildman–Crippen LogP) is 4.29. The van der Waals surface area contributed by atoms with Crippen molar-refractivity contribution in [1.82, 2.24) is 9.88 Å². The Kier molecular flexibility index (Phi) is 4.76. The monoisotopic (exact) mass is 380 g/mol. The van der Waals surface area contributed by atoms with Crippen molar-refractivity contribution in [1.29, 1.82) is 0 Å². The van der Waals surface area contributed by atoms with Gasteiger partial charge in [0.25, 0.3) is 0 Å². The first-order valence-corrected chi connectivity index (χ1v) is 9.42. The number of halogens is 3. The third-order valence-corrected chi connectivity index (χ3v) is 6.12. The largest absolute Gasteiger partial charge is 0.573 e. The van der Waals surface area contributed by atoms with E-state index in [1.165, 1.54) is 18.2 Å². The maximum atomic E-state index is 12.6. The van der Waals surface area contributed by atoms with Crippen LogP contribution in [0.3, 0.4) is 0 Å². The number of benzene rings is 1. The van der Waals surface area contributed by atoms with Crippen molar-refractivity contribution < 1.29 is 23.0 Å². The number of aliphatic hydroxyl groups excluding tert-OH is 1. The maximum Gasteiger partial charge on any atom is 0.573 e. The summed E-state index contributed by atoms with van der Waals surface area (Å²) in [7, 11) is 0. The highest BCUT2D eigenvalue weighted by Gasteiger charge is 2.42. The Morgan fingerprint density at radius 2 is 2.15 bits per heavy atom. The molecule has 2 unspecified atom stereocenters. The summed E-state index contributed by atoms with van der Waals surface area (Å²) in [4.78, 5) is 6.55. The molecule has 1 aromatic carbocycles. The highest BCUT2D eigenvalue weighted by atomic mass is 19.4. The third-order valence-electron chi connectivity index (χ3n) is 6.12. The zero-order chi connectivity index (χ0) is 19.2. The molecule has 5 atom stereocenters. The first-order chi connectivity index (χ1) is 12.9. The minimum Gasteiger partial charge on any atom is -0.406 e. The second kappa shape index (κ2) is 6.95. The molecule has 4 heterocycles. The van der Waals surface area contributed by atoms with Crippen LogP contribution in [0.1, 0.15) is 37.9 Å². The summed E-state index contributed by atoms with van der Waals surface area (Å²) in [5, 5.41) is 11.6. The fraction of sp³-hybridized carbons (Fsp3) is 0.550. The average Bonchev–Trinajstić information content (AvgIpc) is 2.65. The van der Waals surface area contributed by atoms with Crippen LogP contribution in [-0.2, 0) is 0 Å². The van der Waals surface area contributed by atoms with Crippen LogP contribution in [0.25, 0.3) is 10.9 Å². The molecule has 2 bridgehead atoms. The first kappa shape index (κ1) is 18.5. The van der Waals surface area contributed by atoms with Gasteiger partial charge in [0.05, 0.1) is 11.6 Å². The normalized spacial score (nSPS) is 29.1. The Labute approximate surface area is 155 Å². The van der Waals surface area contributed by atoms with Crippen LogP contribution >= 0.6 is 0 Å². The molecule has 2 aromatic rings. The van der Waals surface area contributed by atoms with Gasteiger partial charge in [-0.1, -0.05) is 13.3 Å². The molecule has 0 amide bonds. The summed E-state index contributed by atoms with van der Waals surface area (Å²) in [5.74, 6) is 0.980. The van der Waals surface area contributed by atoms with Crippen molar-refractivity contribution in [2.45, 2.75) is 44.7 Å². The Morgan fingerprint density at radius 1 is 1.33 bits per heavy atom. The lowest BCUT2D eigenvalue weighted by molar-refractivity contribution is -0.274. The molecule has 7 heteroatoms. The van der Waals surface area contributed by atoms with Crippen LogP contribution < -0.4 is 4.74 Å². The third kappa shape index (κ3) is 3.62. The van der Waals surface area contributed by atoms with Gasteiger partial charge in [-0.25, -0.2) is 0 Å². The number of rotatable bonds is 4. The first-order valence-electron chi connectivity index (χ1n) is 9.42. The number of nitrogens with zero attached hydrogens (tertiary/aromatic N) is 2. The number of fused-ring (bicyclic) bond motifs is 4. The van der Waals surface area contributed by atoms with E-state index in [2.05, 4.69) is 21.5 Å². The fourth-order valence-corrected chi connectivity index (χ4v) is 4.78. The number of hydrogen-bond donors (Lipinski definition) is 1. The van der Waals surface area contributed by atoms with Crippen molar-refractivity contribution in [2.75, 3.05) is 13.1 Å². The smallest absolute Gasteiger partial charge is 0.406 e. The minimum atomic E-state index is -4.75. The fourth-order valence-electron chi connectivity index (χ4n) is 4.78. The summed E-state index contributed by atoms with van der Waals surface area (Å²) in [6.07, 6.45) is -0.711. The molecule has 5 rings (SSSR count). The molecule has 0 aliphatic carbocycles. The molecule has 146 valence electrons. The summed E-state index contributed by atoms with van der Waals surface area (Å²) < 4.78 is 41.8. The van der Waals surface area contributed by atoms with Crippen molar-refractivity contribution in [3.63, 3.8) is 0 Å².